The second-order valence-corrected chi connectivity index (χ2v) is 6.44. The maximum Gasteiger partial charge on any atom is 0.122 e. The number of thiophene rings is 1. The lowest BCUT2D eigenvalue weighted by Gasteiger charge is -2.29. The van der Waals surface area contributed by atoms with Gasteiger partial charge in [-0.25, -0.2) is 0 Å². The lowest BCUT2D eigenvalue weighted by molar-refractivity contribution is 0.255. The summed E-state index contributed by atoms with van der Waals surface area (Å²) in [4.78, 5) is 1.38. The highest BCUT2D eigenvalue weighted by Gasteiger charge is 2.26. The molecule has 1 aromatic carbocycles. The van der Waals surface area contributed by atoms with Crippen LogP contribution in [0.1, 0.15) is 47.7 Å². The molecule has 3 N–H and O–H groups in total. The number of ether oxygens (including phenoxy) is 1. The molecule has 0 saturated carbocycles. The first-order valence-corrected chi connectivity index (χ1v) is 8.45. The first kappa shape index (κ1) is 14.6. The molecule has 2 atom stereocenters. The number of nitrogens with two attached hydrogens (primary N) is 1. The van der Waals surface area contributed by atoms with Gasteiger partial charge in [0, 0.05) is 4.88 Å². The van der Waals surface area contributed by atoms with Gasteiger partial charge < -0.3 is 4.74 Å². The number of benzene rings is 1. The minimum atomic E-state index is 0.219. The number of fused-ring (bicyclic) bond motifs is 1. The first-order chi connectivity index (χ1) is 10.3. The van der Waals surface area contributed by atoms with Gasteiger partial charge in [0.25, 0.3) is 0 Å². The third kappa shape index (κ3) is 2.98. The maximum atomic E-state index is 5.85. The Morgan fingerprint density at radius 1 is 1.38 bits per heavy atom. The van der Waals surface area contributed by atoms with Crippen LogP contribution in [-0.4, -0.2) is 6.61 Å². The van der Waals surface area contributed by atoms with E-state index in [0.717, 1.165) is 31.6 Å². The zero-order valence-electron chi connectivity index (χ0n) is 12.3. The number of hydrazine groups is 1. The molecule has 2 aromatic rings. The zero-order chi connectivity index (χ0) is 14.7. The van der Waals surface area contributed by atoms with Crippen molar-refractivity contribution in [2.45, 2.75) is 38.1 Å². The number of hydrogen-bond acceptors (Lipinski definition) is 4. The minimum absolute atomic E-state index is 0.219. The van der Waals surface area contributed by atoms with Crippen LogP contribution < -0.4 is 16.0 Å². The molecule has 4 heteroatoms. The fourth-order valence-electron chi connectivity index (χ4n) is 3.14. The second kappa shape index (κ2) is 6.60. The molecule has 0 bridgehead atoms. The monoisotopic (exact) mass is 302 g/mol. The van der Waals surface area contributed by atoms with E-state index in [1.54, 1.807) is 11.3 Å². The summed E-state index contributed by atoms with van der Waals surface area (Å²) in [6.07, 6.45) is 3.13. The molecule has 0 radical (unpaired) electrons. The van der Waals surface area contributed by atoms with Gasteiger partial charge in [-0.1, -0.05) is 25.1 Å². The molecule has 0 aliphatic carbocycles. The molecule has 21 heavy (non-hydrogen) atoms. The van der Waals surface area contributed by atoms with Crippen LogP contribution >= 0.6 is 11.3 Å². The summed E-state index contributed by atoms with van der Waals surface area (Å²) in [5.41, 5.74) is 5.75. The Morgan fingerprint density at radius 3 is 3.05 bits per heavy atom. The summed E-state index contributed by atoms with van der Waals surface area (Å²) in [6, 6.07) is 10.8. The Kier molecular flexibility index (Phi) is 4.58. The summed E-state index contributed by atoms with van der Waals surface area (Å²) in [5, 5.41) is 2.16. The van der Waals surface area contributed by atoms with Crippen LogP contribution in [0.5, 0.6) is 5.75 Å². The van der Waals surface area contributed by atoms with Crippen molar-refractivity contribution in [1.29, 1.82) is 0 Å². The lowest BCUT2D eigenvalue weighted by atomic mass is 9.86. The Morgan fingerprint density at radius 2 is 2.24 bits per heavy atom. The van der Waals surface area contributed by atoms with E-state index in [1.807, 2.05) is 6.07 Å². The smallest absolute Gasteiger partial charge is 0.122 e. The van der Waals surface area contributed by atoms with Crippen LogP contribution in [0, 0.1) is 0 Å². The fourth-order valence-corrected chi connectivity index (χ4v) is 4.21. The van der Waals surface area contributed by atoms with E-state index in [4.69, 9.17) is 10.6 Å². The van der Waals surface area contributed by atoms with Crippen LogP contribution in [0.3, 0.4) is 0 Å². The zero-order valence-corrected chi connectivity index (χ0v) is 13.2. The third-order valence-electron chi connectivity index (χ3n) is 4.28. The van der Waals surface area contributed by atoms with Gasteiger partial charge in [-0.2, -0.15) is 0 Å². The van der Waals surface area contributed by atoms with E-state index in [9.17, 15) is 0 Å². The predicted molar refractivity (Wildman–Crippen MR) is 87.7 cm³/mol. The van der Waals surface area contributed by atoms with Gasteiger partial charge in [-0.05, 0) is 53.8 Å². The molecular weight excluding hydrogens is 280 g/mol. The van der Waals surface area contributed by atoms with Crippen molar-refractivity contribution in [2.75, 3.05) is 6.61 Å². The van der Waals surface area contributed by atoms with Crippen LogP contribution in [0.4, 0.5) is 0 Å². The van der Waals surface area contributed by atoms with E-state index in [-0.39, 0.29) is 6.04 Å². The fraction of sp³-hybridized carbons (Fsp3) is 0.412. The number of aryl methyl sites for hydroxylation is 1. The van der Waals surface area contributed by atoms with Crippen molar-refractivity contribution in [3.63, 3.8) is 0 Å². The Hall–Kier alpha value is -1.36. The van der Waals surface area contributed by atoms with Crippen molar-refractivity contribution in [3.05, 3.63) is 51.7 Å². The largest absolute Gasteiger partial charge is 0.493 e. The Balaban J connectivity index is 1.82. The average molecular weight is 302 g/mol. The van der Waals surface area contributed by atoms with Gasteiger partial charge in [0.2, 0.25) is 0 Å². The summed E-state index contributed by atoms with van der Waals surface area (Å²) in [6.45, 7) is 2.99. The van der Waals surface area contributed by atoms with Gasteiger partial charge in [-0.3, -0.25) is 11.3 Å². The summed E-state index contributed by atoms with van der Waals surface area (Å²) >= 11 is 1.80. The molecule has 0 saturated heterocycles. The van der Waals surface area contributed by atoms with Crippen molar-refractivity contribution in [1.82, 2.24) is 5.43 Å². The van der Waals surface area contributed by atoms with Gasteiger partial charge in [0.1, 0.15) is 5.75 Å². The minimum Gasteiger partial charge on any atom is -0.493 e. The molecule has 2 unspecified atom stereocenters. The van der Waals surface area contributed by atoms with Crippen molar-refractivity contribution in [3.8, 4) is 5.75 Å². The maximum absolute atomic E-state index is 5.85. The summed E-state index contributed by atoms with van der Waals surface area (Å²) < 4.78 is 5.76. The van der Waals surface area contributed by atoms with E-state index >= 15 is 0 Å². The van der Waals surface area contributed by atoms with Crippen LogP contribution in [-0.2, 0) is 6.42 Å². The first-order valence-electron chi connectivity index (χ1n) is 7.57. The molecule has 1 aliphatic rings. The van der Waals surface area contributed by atoms with E-state index in [2.05, 4.69) is 42.0 Å². The lowest BCUT2D eigenvalue weighted by Crippen LogP contribution is -2.30. The van der Waals surface area contributed by atoms with Crippen LogP contribution in [0.2, 0.25) is 0 Å². The topological polar surface area (TPSA) is 47.3 Å². The van der Waals surface area contributed by atoms with E-state index in [0.29, 0.717) is 5.92 Å². The van der Waals surface area contributed by atoms with Crippen molar-refractivity contribution in [2.24, 2.45) is 5.84 Å². The van der Waals surface area contributed by atoms with Gasteiger partial charge in [-0.15, -0.1) is 11.3 Å². The number of para-hydroxylation sites is 1. The number of hydrogen-bond donors (Lipinski definition) is 2. The quantitative estimate of drug-likeness (QED) is 0.653. The SMILES string of the molecule is CCc1ccsc1C(CC1CCOc2ccccc21)NN. The predicted octanol–water partition coefficient (Wildman–Crippen LogP) is 3.77. The molecule has 1 aliphatic heterocycles. The highest BCUT2D eigenvalue weighted by molar-refractivity contribution is 7.10. The summed E-state index contributed by atoms with van der Waals surface area (Å²) in [7, 11) is 0. The standard InChI is InChI=1S/C17H22N2OS/c1-2-12-8-10-21-17(12)15(19-18)11-13-7-9-20-16-6-4-3-5-14(13)16/h3-6,8,10,13,15,19H,2,7,9,11,18H2,1H3. The highest BCUT2D eigenvalue weighted by Crippen LogP contribution is 2.40. The molecule has 0 spiro atoms. The van der Waals surface area contributed by atoms with E-state index in [1.165, 1.54) is 16.0 Å². The molecular formula is C17H22N2OS. The molecule has 3 nitrogen and oxygen atoms in total. The Labute approximate surface area is 130 Å². The molecule has 2 heterocycles. The average Bonchev–Trinajstić information content (AvgIpc) is 3.01. The Bertz CT molecular complexity index is 596. The third-order valence-corrected chi connectivity index (χ3v) is 5.36. The number of nitrogens with one attached hydrogen (secondary N) is 1. The molecule has 0 amide bonds. The molecule has 112 valence electrons. The molecule has 1 aromatic heterocycles. The van der Waals surface area contributed by atoms with Crippen LogP contribution in [0.15, 0.2) is 35.7 Å². The van der Waals surface area contributed by atoms with Gasteiger partial charge >= 0.3 is 0 Å². The molecule has 3 rings (SSSR count). The van der Waals surface area contributed by atoms with Crippen molar-refractivity contribution >= 4 is 11.3 Å². The molecule has 0 fully saturated rings. The second-order valence-electron chi connectivity index (χ2n) is 5.49. The normalized spacial score (nSPS) is 18.9. The summed E-state index contributed by atoms with van der Waals surface area (Å²) in [5.74, 6) is 7.39. The van der Waals surface area contributed by atoms with Crippen molar-refractivity contribution < 1.29 is 4.74 Å². The highest BCUT2D eigenvalue weighted by atomic mass is 32.1. The van der Waals surface area contributed by atoms with Crippen LogP contribution in [0.25, 0.3) is 0 Å². The van der Waals surface area contributed by atoms with Gasteiger partial charge in [0.05, 0.1) is 12.6 Å². The number of rotatable bonds is 5. The van der Waals surface area contributed by atoms with E-state index < -0.39 is 0 Å². The van der Waals surface area contributed by atoms with Gasteiger partial charge in [0.15, 0.2) is 0 Å².